The predicted molar refractivity (Wildman–Crippen MR) is 45.6 cm³/mol. The van der Waals surface area contributed by atoms with Crippen LogP contribution in [-0.4, -0.2) is 0 Å². The Morgan fingerprint density at radius 2 is 2.27 bits per heavy atom. The molecule has 0 amide bonds. The number of aryl methyl sites for hydroxylation is 1. The van der Waals surface area contributed by atoms with Crippen LogP contribution in [0.5, 0.6) is 0 Å². The van der Waals surface area contributed by atoms with Gasteiger partial charge in [0.25, 0.3) is 0 Å². The minimum atomic E-state index is -0.0705. The van der Waals surface area contributed by atoms with E-state index in [9.17, 15) is 0 Å². The van der Waals surface area contributed by atoms with Gasteiger partial charge in [0, 0.05) is 9.75 Å². The highest BCUT2D eigenvalue weighted by molar-refractivity contribution is 7.12. The van der Waals surface area contributed by atoms with Gasteiger partial charge in [0.05, 0.1) is 11.5 Å². The molecule has 1 aliphatic rings. The van der Waals surface area contributed by atoms with E-state index in [1.165, 1.54) is 9.75 Å². The van der Waals surface area contributed by atoms with Crippen LogP contribution < -0.4 is 0 Å². The van der Waals surface area contributed by atoms with Gasteiger partial charge in [-0.25, -0.2) is 0 Å². The number of hydrogen-bond acceptors (Lipinski definition) is 2. The van der Waals surface area contributed by atoms with E-state index in [-0.39, 0.29) is 5.41 Å². The summed E-state index contributed by atoms with van der Waals surface area (Å²) < 4.78 is 0. The molecule has 0 bridgehead atoms. The summed E-state index contributed by atoms with van der Waals surface area (Å²) >= 11 is 1.76. The minimum absolute atomic E-state index is 0.0705. The molecule has 2 heteroatoms. The lowest BCUT2D eigenvalue weighted by Crippen LogP contribution is -1.97. The fourth-order valence-electron chi connectivity index (χ4n) is 1.23. The third-order valence-electron chi connectivity index (χ3n) is 2.18. The zero-order valence-electron chi connectivity index (χ0n) is 6.42. The lowest BCUT2D eigenvalue weighted by molar-refractivity contribution is 0.937. The van der Waals surface area contributed by atoms with Crippen LogP contribution in [0, 0.1) is 18.3 Å². The second-order valence-electron chi connectivity index (χ2n) is 3.10. The quantitative estimate of drug-likeness (QED) is 0.624. The molecule has 0 aromatic carbocycles. The molecule has 0 unspecified atom stereocenters. The van der Waals surface area contributed by atoms with E-state index in [2.05, 4.69) is 25.1 Å². The van der Waals surface area contributed by atoms with Gasteiger partial charge >= 0.3 is 0 Å². The third-order valence-corrected chi connectivity index (χ3v) is 3.38. The smallest absolute Gasteiger partial charge is 0.0916 e. The van der Waals surface area contributed by atoms with Crippen molar-refractivity contribution in [2.75, 3.05) is 0 Å². The van der Waals surface area contributed by atoms with E-state index in [1.54, 1.807) is 11.3 Å². The van der Waals surface area contributed by atoms with Crippen LogP contribution in [0.25, 0.3) is 0 Å². The summed E-state index contributed by atoms with van der Waals surface area (Å²) in [6.07, 6.45) is 2.12. The summed E-state index contributed by atoms with van der Waals surface area (Å²) in [5.41, 5.74) is -0.0705. The molecule has 1 saturated carbocycles. The first-order chi connectivity index (χ1) is 5.27. The number of rotatable bonds is 1. The van der Waals surface area contributed by atoms with E-state index in [0.717, 1.165) is 12.8 Å². The normalized spacial score (nSPS) is 19.3. The van der Waals surface area contributed by atoms with Gasteiger partial charge in [-0.15, -0.1) is 11.3 Å². The van der Waals surface area contributed by atoms with Crippen molar-refractivity contribution < 1.29 is 0 Å². The molecule has 56 valence electrons. The Morgan fingerprint density at radius 3 is 2.64 bits per heavy atom. The van der Waals surface area contributed by atoms with Crippen molar-refractivity contribution in [2.45, 2.75) is 25.2 Å². The van der Waals surface area contributed by atoms with Crippen LogP contribution in [-0.2, 0) is 5.41 Å². The number of nitrogens with zero attached hydrogens (tertiary/aromatic N) is 1. The molecular formula is C9H9NS. The lowest BCUT2D eigenvalue weighted by Gasteiger charge is -1.98. The van der Waals surface area contributed by atoms with E-state index in [0.29, 0.717) is 0 Å². The zero-order valence-corrected chi connectivity index (χ0v) is 7.24. The van der Waals surface area contributed by atoms with Crippen LogP contribution in [0.4, 0.5) is 0 Å². The largest absolute Gasteiger partial charge is 0.197 e. The molecule has 0 aliphatic heterocycles. The molecular weight excluding hydrogens is 154 g/mol. The second-order valence-corrected chi connectivity index (χ2v) is 4.39. The van der Waals surface area contributed by atoms with Gasteiger partial charge in [-0.1, -0.05) is 0 Å². The Bertz CT molecular complexity index is 315. The van der Waals surface area contributed by atoms with E-state index in [1.807, 2.05) is 0 Å². The van der Waals surface area contributed by atoms with Crippen molar-refractivity contribution in [3.63, 3.8) is 0 Å². The predicted octanol–water partition coefficient (Wildman–Crippen LogP) is 2.61. The van der Waals surface area contributed by atoms with E-state index in [4.69, 9.17) is 5.26 Å². The van der Waals surface area contributed by atoms with Crippen LogP contribution in [0.2, 0.25) is 0 Å². The molecule has 1 heterocycles. The van der Waals surface area contributed by atoms with E-state index >= 15 is 0 Å². The van der Waals surface area contributed by atoms with Gasteiger partial charge in [0.15, 0.2) is 0 Å². The highest BCUT2D eigenvalue weighted by Crippen LogP contribution is 2.49. The van der Waals surface area contributed by atoms with Gasteiger partial charge in [0.2, 0.25) is 0 Å². The Balaban J connectivity index is 2.38. The Hall–Kier alpha value is -0.810. The number of hydrogen-bond donors (Lipinski definition) is 0. The summed E-state index contributed by atoms with van der Waals surface area (Å²) in [4.78, 5) is 2.57. The number of nitriles is 1. The fourth-order valence-corrected chi connectivity index (χ4v) is 2.29. The zero-order chi connectivity index (χ0) is 7.90. The maximum absolute atomic E-state index is 8.88. The molecule has 0 radical (unpaired) electrons. The third kappa shape index (κ3) is 0.965. The molecule has 1 aromatic rings. The molecule has 1 aromatic heterocycles. The fraction of sp³-hybridized carbons (Fsp3) is 0.444. The Morgan fingerprint density at radius 1 is 1.55 bits per heavy atom. The van der Waals surface area contributed by atoms with Gasteiger partial charge in [-0.05, 0) is 31.9 Å². The number of thiophene rings is 1. The first-order valence-electron chi connectivity index (χ1n) is 3.75. The van der Waals surface area contributed by atoms with Crippen molar-refractivity contribution in [1.82, 2.24) is 0 Å². The summed E-state index contributed by atoms with van der Waals surface area (Å²) in [6, 6.07) is 6.58. The van der Waals surface area contributed by atoms with Crippen LogP contribution in [0.3, 0.4) is 0 Å². The summed E-state index contributed by atoms with van der Waals surface area (Å²) in [6.45, 7) is 2.08. The Kier molecular flexibility index (Phi) is 1.30. The summed E-state index contributed by atoms with van der Waals surface area (Å²) in [5.74, 6) is 0. The maximum Gasteiger partial charge on any atom is 0.0916 e. The molecule has 1 nitrogen and oxygen atoms in total. The average molecular weight is 163 g/mol. The van der Waals surface area contributed by atoms with Gasteiger partial charge < -0.3 is 0 Å². The topological polar surface area (TPSA) is 23.8 Å². The van der Waals surface area contributed by atoms with Crippen molar-refractivity contribution in [2.24, 2.45) is 0 Å². The van der Waals surface area contributed by atoms with Gasteiger partial charge in [0.1, 0.15) is 0 Å². The lowest BCUT2D eigenvalue weighted by atomic mass is 10.1. The standard InChI is InChI=1S/C9H9NS/c1-7-2-3-8(11-7)9(6-10)4-5-9/h2-3H,4-5H2,1H3. The Labute approximate surface area is 70.3 Å². The van der Waals surface area contributed by atoms with Gasteiger partial charge in [-0.2, -0.15) is 5.26 Å². The van der Waals surface area contributed by atoms with Crippen LogP contribution in [0.15, 0.2) is 12.1 Å². The van der Waals surface area contributed by atoms with Crippen molar-refractivity contribution in [3.05, 3.63) is 21.9 Å². The summed E-state index contributed by atoms with van der Waals surface area (Å²) in [7, 11) is 0. The maximum atomic E-state index is 8.88. The average Bonchev–Trinajstić information content (AvgIpc) is 2.70. The first kappa shape index (κ1) is 6.87. The van der Waals surface area contributed by atoms with Crippen molar-refractivity contribution in [3.8, 4) is 6.07 Å². The molecule has 0 saturated heterocycles. The van der Waals surface area contributed by atoms with Gasteiger partial charge in [-0.3, -0.25) is 0 Å². The second kappa shape index (κ2) is 2.09. The minimum Gasteiger partial charge on any atom is -0.197 e. The highest BCUT2D eigenvalue weighted by atomic mass is 32.1. The van der Waals surface area contributed by atoms with Crippen LogP contribution in [0.1, 0.15) is 22.6 Å². The van der Waals surface area contributed by atoms with E-state index < -0.39 is 0 Å². The van der Waals surface area contributed by atoms with Crippen molar-refractivity contribution >= 4 is 11.3 Å². The molecule has 0 spiro atoms. The molecule has 0 N–H and O–H groups in total. The SMILES string of the molecule is Cc1ccc(C2(C#N)CC2)s1. The molecule has 1 fully saturated rings. The first-order valence-corrected chi connectivity index (χ1v) is 4.57. The molecule has 0 atom stereocenters. The molecule has 2 rings (SSSR count). The monoisotopic (exact) mass is 163 g/mol. The van der Waals surface area contributed by atoms with Crippen LogP contribution >= 0.6 is 11.3 Å². The highest BCUT2D eigenvalue weighted by Gasteiger charge is 2.45. The molecule has 1 aliphatic carbocycles. The molecule has 11 heavy (non-hydrogen) atoms. The van der Waals surface area contributed by atoms with Crippen molar-refractivity contribution in [1.29, 1.82) is 5.26 Å². The summed E-state index contributed by atoms with van der Waals surface area (Å²) in [5, 5.41) is 8.88.